The maximum atomic E-state index is 13.0. The Hall–Kier alpha value is -2.85. The molecule has 0 radical (unpaired) electrons. The zero-order chi connectivity index (χ0) is 21.9. The van der Waals surface area contributed by atoms with Gasteiger partial charge in [0, 0.05) is 22.6 Å². The highest BCUT2D eigenvalue weighted by Gasteiger charge is 2.49. The van der Waals surface area contributed by atoms with Crippen LogP contribution in [0.5, 0.6) is 0 Å². The van der Waals surface area contributed by atoms with Crippen molar-refractivity contribution in [3.8, 4) is 11.1 Å². The van der Waals surface area contributed by atoms with Crippen molar-refractivity contribution in [1.82, 2.24) is 0 Å². The number of amides is 2. The Morgan fingerprint density at radius 2 is 1.86 bits per heavy atom. The molecule has 0 fully saturated rings. The fourth-order valence-corrected chi connectivity index (χ4v) is 2.93. The van der Waals surface area contributed by atoms with Gasteiger partial charge in [0.1, 0.15) is 5.69 Å². The minimum absolute atomic E-state index is 0.0262. The second kappa shape index (κ2) is 8.66. The number of hydrogen-bond acceptors (Lipinski definition) is 4. The van der Waals surface area contributed by atoms with Gasteiger partial charge in [-0.3, -0.25) is 9.59 Å². The highest BCUT2D eigenvalue weighted by atomic mass is 35.5. The smallest absolute Gasteiger partial charge is 0.325 e. The third-order valence-electron chi connectivity index (χ3n) is 3.66. The fraction of sp³-hybridized carbons (Fsp3) is 0.176. The molecular weight excluding hydrogens is 438 g/mol. The first-order valence-electron chi connectivity index (χ1n) is 7.91. The number of nitrogens with one attached hydrogen (secondary N) is 1. The molecule has 2 aromatic rings. The second-order valence-corrected chi connectivity index (χ2v) is 6.42. The highest BCUT2D eigenvalue weighted by Crippen LogP contribution is 2.42. The van der Waals surface area contributed by atoms with E-state index in [0.29, 0.717) is 0 Å². The molecule has 0 aliphatic carbocycles. The molecule has 0 bridgehead atoms. The molecule has 0 unspecified atom stereocenters. The number of rotatable bonds is 5. The predicted octanol–water partition coefficient (Wildman–Crippen LogP) is 5.10. The van der Waals surface area contributed by atoms with E-state index in [9.17, 15) is 32.9 Å². The summed E-state index contributed by atoms with van der Waals surface area (Å²) in [4.78, 5) is 35.0. The van der Waals surface area contributed by atoms with Gasteiger partial charge in [-0.15, -0.1) is 0 Å². The van der Waals surface area contributed by atoms with Gasteiger partial charge in [-0.2, -0.15) is 13.2 Å². The molecule has 29 heavy (non-hydrogen) atoms. The Morgan fingerprint density at radius 3 is 2.38 bits per heavy atom. The summed E-state index contributed by atoms with van der Waals surface area (Å²) in [6.07, 6.45) is -5.49. The standard InChI is InChI=1S/C17H12Cl2F3N3O4/c1-2-14(26)23-12-4-3-5-13(24(25(28)29)16(27)17(20,21)22)15(12)10-7-6-9(18)8-11(10)19/h3-8H,2H2,1H3,(H,23,26). The molecule has 2 rings (SSSR count). The van der Waals surface area contributed by atoms with Gasteiger partial charge in [0.25, 0.3) is 0 Å². The molecule has 7 nitrogen and oxygen atoms in total. The number of benzene rings is 2. The van der Waals surface area contributed by atoms with Crippen LogP contribution in [0, 0.1) is 10.1 Å². The van der Waals surface area contributed by atoms with Crippen LogP contribution in [-0.2, 0) is 9.59 Å². The Morgan fingerprint density at radius 1 is 1.21 bits per heavy atom. The number of nitro groups is 1. The summed E-state index contributed by atoms with van der Waals surface area (Å²) in [5.74, 6) is -3.23. The lowest BCUT2D eigenvalue weighted by Gasteiger charge is -2.20. The van der Waals surface area contributed by atoms with Crippen molar-refractivity contribution < 1.29 is 27.8 Å². The number of anilines is 2. The van der Waals surface area contributed by atoms with Crippen molar-refractivity contribution in [1.29, 1.82) is 0 Å². The van der Waals surface area contributed by atoms with Crippen LogP contribution in [0.2, 0.25) is 10.0 Å². The molecule has 12 heteroatoms. The largest absolute Gasteiger partial charge is 0.477 e. The third-order valence-corrected chi connectivity index (χ3v) is 4.21. The number of carbonyl (C=O) groups excluding carboxylic acids is 2. The van der Waals surface area contributed by atoms with Crippen LogP contribution >= 0.6 is 23.2 Å². The van der Waals surface area contributed by atoms with Gasteiger partial charge < -0.3 is 5.32 Å². The Kier molecular flexibility index (Phi) is 6.70. The Bertz CT molecular complexity index is 983. The third kappa shape index (κ3) is 4.96. The fourth-order valence-electron chi connectivity index (χ4n) is 2.43. The summed E-state index contributed by atoms with van der Waals surface area (Å²) in [5.41, 5.74) is -1.01. The van der Waals surface area contributed by atoms with E-state index in [2.05, 4.69) is 5.32 Å². The van der Waals surface area contributed by atoms with Gasteiger partial charge in [0.15, 0.2) is 5.03 Å². The van der Waals surface area contributed by atoms with Crippen molar-refractivity contribution in [2.45, 2.75) is 19.5 Å². The molecule has 2 amide bonds. The first-order chi connectivity index (χ1) is 13.5. The van der Waals surface area contributed by atoms with Crippen LogP contribution in [-0.4, -0.2) is 23.0 Å². The van der Waals surface area contributed by atoms with Crippen molar-refractivity contribution in [3.05, 3.63) is 56.6 Å². The van der Waals surface area contributed by atoms with Crippen LogP contribution in [0.4, 0.5) is 24.5 Å². The molecule has 0 aliphatic heterocycles. The second-order valence-electron chi connectivity index (χ2n) is 5.58. The van der Waals surface area contributed by atoms with E-state index in [1.807, 2.05) is 0 Å². The van der Waals surface area contributed by atoms with Gasteiger partial charge in [0.2, 0.25) is 5.91 Å². The zero-order valence-corrected chi connectivity index (χ0v) is 16.1. The number of alkyl halides is 3. The van der Waals surface area contributed by atoms with Crippen LogP contribution < -0.4 is 10.3 Å². The molecule has 2 aromatic carbocycles. The molecule has 0 saturated heterocycles. The molecule has 0 spiro atoms. The molecule has 0 aliphatic rings. The van der Waals surface area contributed by atoms with E-state index in [1.54, 1.807) is 0 Å². The minimum Gasteiger partial charge on any atom is -0.325 e. The van der Waals surface area contributed by atoms with Crippen LogP contribution in [0.3, 0.4) is 0 Å². The molecule has 0 heterocycles. The maximum Gasteiger partial charge on any atom is 0.477 e. The Labute approximate surface area is 172 Å². The SMILES string of the molecule is CCC(=O)Nc1cccc(N(C(=O)C(F)(F)F)[N+](=O)[O-])c1-c1ccc(Cl)cc1Cl. The average molecular weight is 450 g/mol. The summed E-state index contributed by atoms with van der Waals surface area (Å²) < 4.78 is 38.9. The quantitative estimate of drug-likeness (QED) is 0.507. The number of nitrogens with zero attached hydrogens (tertiary/aromatic N) is 2. The first-order valence-corrected chi connectivity index (χ1v) is 8.66. The monoisotopic (exact) mass is 449 g/mol. The van der Waals surface area contributed by atoms with Crippen LogP contribution in [0.1, 0.15) is 13.3 Å². The van der Waals surface area contributed by atoms with E-state index < -0.39 is 33.7 Å². The van der Waals surface area contributed by atoms with Gasteiger partial charge in [-0.1, -0.05) is 42.3 Å². The number of hydrogen-bond donors (Lipinski definition) is 1. The predicted molar refractivity (Wildman–Crippen MR) is 101 cm³/mol. The topological polar surface area (TPSA) is 92.6 Å². The van der Waals surface area contributed by atoms with Gasteiger partial charge in [-0.25, -0.2) is 10.1 Å². The normalized spacial score (nSPS) is 11.1. The lowest BCUT2D eigenvalue weighted by atomic mass is 10.0. The maximum absolute atomic E-state index is 13.0. The zero-order valence-electron chi connectivity index (χ0n) is 14.6. The number of carbonyl (C=O) groups is 2. The van der Waals surface area contributed by atoms with Crippen molar-refractivity contribution >= 4 is 46.4 Å². The van der Waals surface area contributed by atoms with Gasteiger partial charge in [0.05, 0.1) is 10.7 Å². The highest BCUT2D eigenvalue weighted by molar-refractivity contribution is 6.36. The summed E-state index contributed by atoms with van der Waals surface area (Å²) in [7, 11) is 0. The van der Waals surface area contributed by atoms with Gasteiger partial charge in [-0.05, 0) is 29.3 Å². The van der Waals surface area contributed by atoms with Crippen molar-refractivity contribution in [2.75, 3.05) is 10.3 Å². The van der Waals surface area contributed by atoms with Crippen molar-refractivity contribution in [2.24, 2.45) is 0 Å². The van der Waals surface area contributed by atoms with E-state index in [-0.39, 0.29) is 33.3 Å². The average Bonchev–Trinajstić information content (AvgIpc) is 2.61. The first kappa shape index (κ1) is 22.4. The number of halogens is 5. The van der Waals surface area contributed by atoms with Crippen molar-refractivity contribution in [3.63, 3.8) is 0 Å². The molecule has 0 atom stereocenters. The van der Waals surface area contributed by atoms with E-state index >= 15 is 0 Å². The molecule has 1 N–H and O–H groups in total. The van der Waals surface area contributed by atoms with Crippen LogP contribution in [0.15, 0.2) is 36.4 Å². The lowest BCUT2D eigenvalue weighted by molar-refractivity contribution is -0.486. The van der Waals surface area contributed by atoms with E-state index in [1.165, 1.54) is 31.2 Å². The van der Waals surface area contributed by atoms with Gasteiger partial charge >= 0.3 is 12.1 Å². The number of hydrazine groups is 1. The van der Waals surface area contributed by atoms with Crippen LogP contribution in [0.25, 0.3) is 11.1 Å². The lowest BCUT2D eigenvalue weighted by Crippen LogP contribution is -2.45. The van der Waals surface area contributed by atoms with E-state index in [4.69, 9.17) is 23.2 Å². The van der Waals surface area contributed by atoms with E-state index in [0.717, 1.165) is 12.1 Å². The summed E-state index contributed by atoms with van der Waals surface area (Å²) >= 11 is 12.0. The Balaban J connectivity index is 2.84. The minimum atomic E-state index is -5.52. The molecular formula is C17H12Cl2F3N3O4. The summed E-state index contributed by atoms with van der Waals surface area (Å²) in [5, 5.41) is 11.8. The summed E-state index contributed by atoms with van der Waals surface area (Å²) in [6, 6.07) is 7.34. The molecule has 0 saturated carbocycles. The summed E-state index contributed by atoms with van der Waals surface area (Å²) in [6.45, 7) is 1.53. The molecule has 154 valence electrons. The molecule has 0 aromatic heterocycles.